The van der Waals surface area contributed by atoms with E-state index in [4.69, 9.17) is 4.74 Å². The molecule has 1 N–H and O–H groups in total. The summed E-state index contributed by atoms with van der Waals surface area (Å²) in [7, 11) is 0. The molecule has 6 heteroatoms. The average molecular weight is 528 g/mol. The van der Waals surface area contributed by atoms with E-state index >= 15 is 0 Å². The fraction of sp³-hybridized carbons (Fsp3) is 0.464. The summed E-state index contributed by atoms with van der Waals surface area (Å²) in [5, 5.41) is 11.8. The summed E-state index contributed by atoms with van der Waals surface area (Å²) in [6.45, 7) is 3.78. The molecule has 0 radical (unpaired) electrons. The molecule has 1 aliphatic carbocycles. The monoisotopic (exact) mass is 526 g/mol. The molecule has 0 amide bonds. The summed E-state index contributed by atoms with van der Waals surface area (Å²) in [6.07, 6.45) is 10.4. The summed E-state index contributed by atoms with van der Waals surface area (Å²) in [5.41, 5.74) is 0.289. The number of nitrogens with zero attached hydrogens (tertiary/aromatic N) is 2. The van der Waals surface area contributed by atoms with E-state index < -0.39 is 11.6 Å². The molecule has 1 heterocycles. The topological polar surface area (TPSA) is 53.0 Å². The number of aliphatic hydroxyl groups is 1. The van der Waals surface area contributed by atoms with Gasteiger partial charge in [-0.1, -0.05) is 84.1 Å². The van der Waals surface area contributed by atoms with Crippen LogP contribution in [0.2, 0.25) is 0 Å². The standard InChI is InChI=1S/C28H35BrN2O3/c1-22-30(17-18-31(22)21-23-13-15-26(29)16-14-23)19-20-34-27(32)28(33,25-11-7-4-8-12-25)24-9-5-2-3-6-10-24/h4,7-8,11-18,22,24,33H,2-3,5-6,9-10,19-21H2,1H3. The maximum atomic E-state index is 13.3. The number of rotatable bonds is 8. The molecule has 1 saturated carbocycles. The summed E-state index contributed by atoms with van der Waals surface area (Å²) in [4.78, 5) is 17.8. The number of benzene rings is 2. The first-order valence-electron chi connectivity index (χ1n) is 12.4. The molecule has 0 saturated heterocycles. The first kappa shape index (κ1) is 24.8. The number of esters is 1. The Morgan fingerprint density at radius 3 is 2.32 bits per heavy atom. The van der Waals surface area contributed by atoms with Crippen LogP contribution in [-0.4, -0.2) is 40.2 Å². The van der Waals surface area contributed by atoms with Crippen LogP contribution in [-0.2, 0) is 21.7 Å². The first-order chi connectivity index (χ1) is 16.5. The maximum absolute atomic E-state index is 13.3. The van der Waals surface area contributed by atoms with Gasteiger partial charge in [0.2, 0.25) is 0 Å². The maximum Gasteiger partial charge on any atom is 0.343 e. The molecule has 1 fully saturated rings. The van der Waals surface area contributed by atoms with Crippen molar-refractivity contribution < 1.29 is 14.6 Å². The average Bonchev–Trinajstić information content (AvgIpc) is 3.04. The molecule has 2 aromatic carbocycles. The van der Waals surface area contributed by atoms with Crippen LogP contribution in [0.4, 0.5) is 0 Å². The SMILES string of the molecule is CC1N(CCOC(=O)C(O)(c2ccccc2)C2CCCCCC2)C=CN1Cc1ccc(Br)cc1. The second-order valence-electron chi connectivity index (χ2n) is 9.42. The van der Waals surface area contributed by atoms with E-state index in [1.54, 1.807) is 0 Å². The van der Waals surface area contributed by atoms with E-state index in [2.05, 4.69) is 63.1 Å². The van der Waals surface area contributed by atoms with Gasteiger partial charge in [-0.2, -0.15) is 0 Å². The summed E-state index contributed by atoms with van der Waals surface area (Å²) in [6, 6.07) is 17.7. The summed E-state index contributed by atoms with van der Waals surface area (Å²) in [5.74, 6) is -0.634. The van der Waals surface area contributed by atoms with Crippen molar-refractivity contribution >= 4 is 21.9 Å². The van der Waals surface area contributed by atoms with Gasteiger partial charge in [-0.15, -0.1) is 0 Å². The van der Waals surface area contributed by atoms with Gasteiger partial charge in [-0.05, 0) is 43.0 Å². The minimum Gasteiger partial charge on any atom is -0.461 e. The Bertz CT molecular complexity index is 957. The van der Waals surface area contributed by atoms with Crippen molar-refractivity contribution in [1.82, 2.24) is 9.80 Å². The van der Waals surface area contributed by atoms with Crippen LogP contribution in [0.1, 0.15) is 56.6 Å². The molecule has 0 bridgehead atoms. The van der Waals surface area contributed by atoms with Crippen LogP contribution in [0.25, 0.3) is 0 Å². The highest BCUT2D eigenvalue weighted by Crippen LogP contribution is 2.39. The zero-order valence-corrected chi connectivity index (χ0v) is 21.5. The highest BCUT2D eigenvalue weighted by Gasteiger charge is 2.46. The number of hydrogen-bond donors (Lipinski definition) is 1. The lowest BCUT2D eigenvalue weighted by Crippen LogP contribution is -2.45. The Hall–Kier alpha value is -2.31. The molecule has 0 aromatic heterocycles. The lowest BCUT2D eigenvalue weighted by molar-refractivity contribution is -0.175. The lowest BCUT2D eigenvalue weighted by atomic mass is 9.77. The van der Waals surface area contributed by atoms with Gasteiger partial charge in [0.15, 0.2) is 5.60 Å². The van der Waals surface area contributed by atoms with Crippen LogP contribution in [0.3, 0.4) is 0 Å². The van der Waals surface area contributed by atoms with E-state index in [-0.39, 0.29) is 18.7 Å². The van der Waals surface area contributed by atoms with Crippen molar-refractivity contribution in [2.45, 2.75) is 63.8 Å². The van der Waals surface area contributed by atoms with E-state index in [0.717, 1.165) is 49.5 Å². The number of carbonyl (C=O) groups is 1. The Morgan fingerprint density at radius 1 is 1.00 bits per heavy atom. The Balaban J connectivity index is 1.35. The van der Waals surface area contributed by atoms with Gasteiger partial charge < -0.3 is 19.6 Å². The van der Waals surface area contributed by atoms with Crippen LogP contribution in [0.5, 0.6) is 0 Å². The number of hydrogen-bond acceptors (Lipinski definition) is 5. The Kier molecular flexibility index (Phi) is 8.32. The third kappa shape index (κ3) is 5.66. The normalized spacial score (nSPS) is 20.7. The molecular formula is C28H35BrN2O3. The van der Waals surface area contributed by atoms with E-state index in [1.807, 2.05) is 36.5 Å². The van der Waals surface area contributed by atoms with Crippen molar-refractivity contribution in [2.24, 2.45) is 5.92 Å². The molecule has 4 rings (SSSR count). The predicted molar refractivity (Wildman–Crippen MR) is 137 cm³/mol. The quantitative estimate of drug-likeness (QED) is 0.348. The third-order valence-electron chi connectivity index (χ3n) is 7.24. The molecule has 0 spiro atoms. The van der Waals surface area contributed by atoms with Gasteiger partial charge in [0.25, 0.3) is 0 Å². The molecule has 182 valence electrons. The van der Waals surface area contributed by atoms with E-state index in [9.17, 15) is 9.90 Å². The second-order valence-corrected chi connectivity index (χ2v) is 10.3. The summed E-state index contributed by atoms with van der Waals surface area (Å²) >= 11 is 3.48. The Morgan fingerprint density at radius 2 is 1.65 bits per heavy atom. The van der Waals surface area contributed by atoms with E-state index in [1.165, 1.54) is 5.56 Å². The third-order valence-corrected chi connectivity index (χ3v) is 7.77. The highest BCUT2D eigenvalue weighted by molar-refractivity contribution is 9.10. The van der Waals surface area contributed by atoms with E-state index in [0.29, 0.717) is 12.1 Å². The molecule has 2 aliphatic rings. The van der Waals surface area contributed by atoms with Gasteiger partial charge in [0, 0.05) is 29.3 Å². The van der Waals surface area contributed by atoms with Crippen LogP contribution < -0.4 is 0 Å². The molecule has 1 aliphatic heterocycles. The second kappa shape index (κ2) is 11.4. The smallest absolute Gasteiger partial charge is 0.343 e. The predicted octanol–water partition coefficient (Wildman–Crippen LogP) is 5.79. The van der Waals surface area contributed by atoms with Crippen molar-refractivity contribution in [3.63, 3.8) is 0 Å². The minimum absolute atomic E-state index is 0.114. The van der Waals surface area contributed by atoms with Crippen LogP contribution in [0, 0.1) is 5.92 Å². The van der Waals surface area contributed by atoms with Crippen LogP contribution in [0.15, 0.2) is 71.5 Å². The highest BCUT2D eigenvalue weighted by atomic mass is 79.9. The number of halogens is 1. The van der Waals surface area contributed by atoms with Crippen LogP contribution >= 0.6 is 15.9 Å². The van der Waals surface area contributed by atoms with Gasteiger partial charge >= 0.3 is 5.97 Å². The molecule has 2 aromatic rings. The van der Waals surface area contributed by atoms with Gasteiger partial charge in [-0.25, -0.2) is 4.79 Å². The fourth-order valence-electron chi connectivity index (χ4n) is 5.12. The van der Waals surface area contributed by atoms with Gasteiger partial charge in [-0.3, -0.25) is 0 Å². The molecule has 2 atom stereocenters. The van der Waals surface area contributed by atoms with Gasteiger partial charge in [0.05, 0.1) is 12.7 Å². The lowest BCUT2D eigenvalue weighted by Gasteiger charge is -2.34. The van der Waals surface area contributed by atoms with Crippen molar-refractivity contribution in [2.75, 3.05) is 13.2 Å². The number of ether oxygens (including phenoxy) is 1. The van der Waals surface area contributed by atoms with Crippen molar-refractivity contribution in [3.8, 4) is 0 Å². The largest absolute Gasteiger partial charge is 0.461 e. The molecular weight excluding hydrogens is 492 g/mol. The minimum atomic E-state index is -1.59. The van der Waals surface area contributed by atoms with Crippen molar-refractivity contribution in [1.29, 1.82) is 0 Å². The first-order valence-corrected chi connectivity index (χ1v) is 13.2. The molecule has 2 unspecified atom stereocenters. The van der Waals surface area contributed by atoms with Crippen molar-refractivity contribution in [3.05, 3.63) is 82.6 Å². The zero-order chi connectivity index (χ0) is 24.0. The molecule has 34 heavy (non-hydrogen) atoms. The zero-order valence-electron chi connectivity index (χ0n) is 19.9. The number of carbonyl (C=O) groups excluding carboxylic acids is 1. The Labute approximate surface area is 211 Å². The molecule has 5 nitrogen and oxygen atoms in total. The van der Waals surface area contributed by atoms with Gasteiger partial charge in [0.1, 0.15) is 6.61 Å². The fourth-order valence-corrected chi connectivity index (χ4v) is 5.39. The summed E-state index contributed by atoms with van der Waals surface area (Å²) < 4.78 is 6.82.